The highest BCUT2D eigenvalue weighted by molar-refractivity contribution is 5.88. The second-order valence-corrected chi connectivity index (χ2v) is 6.74. The van der Waals surface area contributed by atoms with Crippen LogP contribution in [0.5, 0.6) is 0 Å². The van der Waals surface area contributed by atoms with Crippen LogP contribution in [-0.4, -0.2) is 29.9 Å². The number of aromatic amines is 2. The minimum atomic E-state index is 0.685. The Labute approximate surface area is 164 Å². The number of aromatic nitrogens is 6. The normalized spacial score (nSPS) is 11.4. The Bertz CT molecular complexity index is 1450. The Morgan fingerprint density at radius 1 is 0.690 bits per heavy atom. The van der Waals surface area contributed by atoms with E-state index < -0.39 is 0 Å². The maximum absolute atomic E-state index is 5.05. The highest BCUT2D eigenvalue weighted by Gasteiger charge is 2.10. The summed E-state index contributed by atoms with van der Waals surface area (Å²) in [6.07, 6.45) is 6.50. The van der Waals surface area contributed by atoms with Crippen LogP contribution in [0.4, 0.5) is 0 Å². The zero-order valence-electron chi connectivity index (χ0n) is 15.1. The predicted molar refractivity (Wildman–Crippen MR) is 110 cm³/mol. The molecule has 0 saturated heterocycles. The van der Waals surface area contributed by atoms with Crippen LogP contribution < -0.4 is 0 Å². The number of hydrogen-bond acceptors (Lipinski definition) is 5. The Hall–Kier alpha value is -4.26. The van der Waals surface area contributed by atoms with Crippen molar-refractivity contribution in [1.82, 2.24) is 29.9 Å². The molecule has 6 aromatic rings. The molecule has 6 rings (SSSR count). The van der Waals surface area contributed by atoms with Gasteiger partial charge in [0.25, 0.3) is 0 Å². The molecule has 2 aromatic carbocycles. The molecule has 4 aromatic heterocycles. The number of pyridine rings is 1. The van der Waals surface area contributed by atoms with Gasteiger partial charge < -0.3 is 14.4 Å². The third-order valence-corrected chi connectivity index (χ3v) is 4.93. The zero-order valence-corrected chi connectivity index (χ0v) is 15.1. The fourth-order valence-corrected chi connectivity index (χ4v) is 3.47. The summed E-state index contributed by atoms with van der Waals surface area (Å²) in [4.78, 5) is 24.2. The van der Waals surface area contributed by atoms with E-state index in [-0.39, 0.29) is 0 Å². The van der Waals surface area contributed by atoms with Crippen molar-refractivity contribution in [2.24, 2.45) is 0 Å². The summed E-state index contributed by atoms with van der Waals surface area (Å²) in [7, 11) is 0. The molecule has 0 spiro atoms. The van der Waals surface area contributed by atoms with Gasteiger partial charge in [0.05, 0.1) is 22.1 Å². The van der Waals surface area contributed by atoms with Crippen LogP contribution in [0.15, 0.2) is 78.0 Å². The van der Waals surface area contributed by atoms with E-state index in [1.165, 1.54) is 6.39 Å². The molecule has 0 atom stereocenters. The summed E-state index contributed by atoms with van der Waals surface area (Å²) in [6, 6.07) is 16.3. The van der Waals surface area contributed by atoms with E-state index in [2.05, 4.69) is 55.3 Å². The molecule has 0 aliphatic rings. The standard InChI is InChI=1S/C22H14N6O/c1-3-16-18(27-21(25-16)13-5-7-23-8-6-13)9-14(1)15-2-4-17-19(10-15)28-22(26-17)20-11-29-12-24-20/h1-12H,(H,25,27)(H,26,28). The maximum Gasteiger partial charge on any atom is 0.181 e. The number of H-pyrrole nitrogens is 2. The third-order valence-electron chi connectivity index (χ3n) is 4.93. The van der Waals surface area contributed by atoms with E-state index in [0.717, 1.165) is 44.6 Å². The van der Waals surface area contributed by atoms with Crippen molar-refractivity contribution in [2.75, 3.05) is 0 Å². The van der Waals surface area contributed by atoms with E-state index >= 15 is 0 Å². The summed E-state index contributed by atoms with van der Waals surface area (Å²) >= 11 is 0. The Morgan fingerprint density at radius 2 is 1.34 bits per heavy atom. The smallest absolute Gasteiger partial charge is 0.181 e. The minimum absolute atomic E-state index is 0.685. The van der Waals surface area contributed by atoms with Gasteiger partial charge >= 0.3 is 0 Å². The molecule has 2 N–H and O–H groups in total. The fraction of sp³-hybridized carbons (Fsp3) is 0. The molecule has 0 aliphatic carbocycles. The first-order chi connectivity index (χ1) is 14.3. The van der Waals surface area contributed by atoms with Gasteiger partial charge in [-0.1, -0.05) is 12.1 Å². The molecule has 0 amide bonds. The van der Waals surface area contributed by atoms with Crippen molar-refractivity contribution in [1.29, 1.82) is 0 Å². The molecule has 0 fully saturated rings. The summed E-state index contributed by atoms with van der Waals surface area (Å²) in [5, 5.41) is 0. The van der Waals surface area contributed by atoms with Gasteiger partial charge in [0.1, 0.15) is 17.8 Å². The van der Waals surface area contributed by atoms with Crippen LogP contribution >= 0.6 is 0 Å². The van der Waals surface area contributed by atoms with E-state index in [1.54, 1.807) is 18.7 Å². The van der Waals surface area contributed by atoms with Crippen LogP contribution in [0.2, 0.25) is 0 Å². The van der Waals surface area contributed by atoms with Crippen molar-refractivity contribution in [3.63, 3.8) is 0 Å². The minimum Gasteiger partial charge on any atom is -0.451 e. The largest absolute Gasteiger partial charge is 0.451 e. The van der Waals surface area contributed by atoms with Crippen molar-refractivity contribution >= 4 is 22.1 Å². The van der Waals surface area contributed by atoms with Crippen LogP contribution in [0.3, 0.4) is 0 Å². The first-order valence-electron chi connectivity index (χ1n) is 9.12. The second kappa shape index (κ2) is 6.13. The quantitative estimate of drug-likeness (QED) is 0.460. The molecule has 7 heteroatoms. The summed E-state index contributed by atoms with van der Waals surface area (Å²) < 4.78 is 5.05. The van der Waals surface area contributed by atoms with Crippen LogP contribution in [-0.2, 0) is 0 Å². The van der Waals surface area contributed by atoms with Gasteiger partial charge in [-0.25, -0.2) is 15.0 Å². The zero-order chi connectivity index (χ0) is 19.2. The van der Waals surface area contributed by atoms with E-state index in [0.29, 0.717) is 11.5 Å². The van der Waals surface area contributed by atoms with Gasteiger partial charge in [0.2, 0.25) is 0 Å². The summed E-state index contributed by atoms with van der Waals surface area (Å²) in [5.74, 6) is 1.52. The van der Waals surface area contributed by atoms with Crippen LogP contribution in [0.1, 0.15) is 0 Å². The van der Waals surface area contributed by atoms with Gasteiger partial charge in [-0.3, -0.25) is 4.98 Å². The number of imidazole rings is 2. The lowest BCUT2D eigenvalue weighted by Crippen LogP contribution is -1.80. The molecule has 0 saturated carbocycles. The van der Waals surface area contributed by atoms with Gasteiger partial charge in [0, 0.05) is 18.0 Å². The van der Waals surface area contributed by atoms with Crippen LogP contribution in [0, 0.1) is 0 Å². The molecular formula is C22H14N6O. The molecule has 138 valence electrons. The Kier molecular flexibility index (Phi) is 3.33. The lowest BCUT2D eigenvalue weighted by atomic mass is 10.0. The first-order valence-corrected chi connectivity index (χ1v) is 9.12. The lowest BCUT2D eigenvalue weighted by Gasteiger charge is -2.01. The van der Waals surface area contributed by atoms with Crippen molar-refractivity contribution in [2.45, 2.75) is 0 Å². The van der Waals surface area contributed by atoms with Crippen LogP contribution in [0.25, 0.3) is 56.1 Å². The monoisotopic (exact) mass is 378 g/mol. The summed E-state index contributed by atoms with van der Waals surface area (Å²) in [5.41, 5.74) is 7.59. The number of fused-ring (bicyclic) bond motifs is 2. The number of nitrogens with one attached hydrogen (secondary N) is 2. The Morgan fingerprint density at radius 3 is 2.00 bits per heavy atom. The Balaban J connectivity index is 1.41. The molecule has 7 nitrogen and oxygen atoms in total. The topological polar surface area (TPSA) is 96.3 Å². The van der Waals surface area contributed by atoms with Gasteiger partial charge in [-0.05, 0) is 47.5 Å². The molecule has 29 heavy (non-hydrogen) atoms. The highest BCUT2D eigenvalue weighted by Crippen LogP contribution is 2.28. The third kappa shape index (κ3) is 2.68. The highest BCUT2D eigenvalue weighted by atomic mass is 16.3. The molecule has 0 bridgehead atoms. The average molecular weight is 378 g/mol. The number of oxazole rings is 1. The van der Waals surface area contributed by atoms with Crippen molar-refractivity contribution < 1.29 is 4.42 Å². The number of benzene rings is 2. The molecule has 0 radical (unpaired) electrons. The van der Waals surface area contributed by atoms with E-state index in [1.807, 2.05) is 18.2 Å². The first kappa shape index (κ1) is 15.8. The number of nitrogens with zero attached hydrogens (tertiary/aromatic N) is 4. The van der Waals surface area contributed by atoms with E-state index in [9.17, 15) is 0 Å². The second-order valence-electron chi connectivity index (χ2n) is 6.74. The molecule has 0 unspecified atom stereocenters. The van der Waals surface area contributed by atoms with Crippen molar-refractivity contribution in [3.05, 3.63) is 73.6 Å². The van der Waals surface area contributed by atoms with Crippen molar-refractivity contribution in [3.8, 4) is 34.0 Å². The average Bonchev–Trinajstić information content (AvgIpc) is 3.52. The fourth-order valence-electron chi connectivity index (χ4n) is 3.47. The van der Waals surface area contributed by atoms with Gasteiger partial charge in [0.15, 0.2) is 12.2 Å². The molecule has 4 heterocycles. The van der Waals surface area contributed by atoms with Gasteiger partial charge in [-0.15, -0.1) is 0 Å². The molecule has 0 aliphatic heterocycles. The lowest BCUT2D eigenvalue weighted by molar-refractivity contribution is 0.558. The van der Waals surface area contributed by atoms with Gasteiger partial charge in [-0.2, -0.15) is 0 Å². The molecular weight excluding hydrogens is 364 g/mol. The maximum atomic E-state index is 5.05. The number of hydrogen-bond donors (Lipinski definition) is 2. The summed E-state index contributed by atoms with van der Waals surface area (Å²) in [6.45, 7) is 0. The predicted octanol–water partition coefficient (Wildman–Crippen LogP) is 4.82. The van der Waals surface area contributed by atoms with E-state index in [4.69, 9.17) is 9.40 Å². The SMILES string of the molecule is c1cc(-c2nc3cc(-c4ccc5[nH]c(-c6cocn6)nc5c4)ccc3[nH]2)ccn1. The number of rotatable bonds is 3.